The lowest BCUT2D eigenvalue weighted by molar-refractivity contribution is -0.153. The molecule has 8 aromatic rings. The first-order valence-corrected chi connectivity index (χ1v) is 51.6. The van der Waals surface area contributed by atoms with E-state index in [0.717, 1.165) is 41.4 Å². The summed E-state index contributed by atoms with van der Waals surface area (Å²) < 4.78 is 150. The first-order valence-electron chi connectivity index (χ1n) is 42.8. The van der Waals surface area contributed by atoms with E-state index < -0.39 is 61.3 Å². The number of esters is 5. The van der Waals surface area contributed by atoms with Crippen LogP contribution in [0.4, 0.5) is 0 Å². The number of ketones is 2. The van der Waals surface area contributed by atoms with Crippen molar-refractivity contribution in [2.75, 3.05) is 48.4 Å². The molecule has 0 spiro atoms. The molecule has 8 fully saturated rings. The lowest BCUT2D eigenvalue weighted by atomic mass is 9.83. The number of carboxylic acid groups (broad SMARTS) is 1. The van der Waals surface area contributed by atoms with Gasteiger partial charge in [0, 0.05) is 65.1 Å². The average molecular weight is 2030 g/mol. The van der Waals surface area contributed by atoms with Crippen LogP contribution in [0, 0.1) is 47.3 Å². The third-order valence-electron chi connectivity index (χ3n) is 23.3. The van der Waals surface area contributed by atoms with Crippen LogP contribution >= 0.6 is 58.2 Å². The van der Waals surface area contributed by atoms with E-state index in [9.17, 15) is 76.8 Å². The molecule has 0 bridgehead atoms. The van der Waals surface area contributed by atoms with E-state index in [0.29, 0.717) is 115 Å². The van der Waals surface area contributed by atoms with Crippen LogP contribution < -0.4 is 0 Å². The highest BCUT2D eigenvalue weighted by molar-refractivity contribution is 8.00. The number of aliphatic hydroxyl groups is 2. The number of sulfone groups is 3. The topological polar surface area (TPSA) is 510 Å². The van der Waals surface area contributed by atoms with Gasteiger partial charge in [-0.1, -0.05) is 129 Å². The zero-order valence-corrected chi connectivity index (χ0v) is 84.1. The minimum atomic E-state index is -3.74. The molecule has 8 aliphatic rings. The molecule has 4 aromatic heterocycles. The van der Waals surface area contributed by atoms with E-state index in [1.807, 2.05) is 74.4 Å². The fraction of sp³-hybridized carbons (Fsp3) is 0.589. The monoisotopic (exact) mass is 2030 g/mol. The van der Waals surface area contributed by atoms with Crippen molar-refractivity contribution in [3.63, 3.8) is 0 Å². The van der Waals surface area contributed by atoms with Crippen LogP contribution in [0.5, 0.6) is 0 Å². The molecule has 8 aliphatic carbocycles. The molecule has 3 N–H and O–H groups in total. The number of ether oxygens (including phenoxy) is 5. The number of aliphatic hydroxyl groups excluding tert-OH is 2. The predicted molar refractivity (Wildman–Crippen MR) is 492 cm³/mol. The van der Waals surface area contributed by atoms with E-state index in [1.165, 1.54) is 47.7 Å². The zero-order chi connectivity index (χ0) is 99.2. The predicted octanol–water partition coefficient (Wildman–Crippen LogP) is 15.2. The van der Waals surface area contributed by atoms with Crippen LogP contribution in [-0.4, -0.2) is 204 Å². The number of carbonyl (C=O) groups excluding carboxylic acids is 8. The largest absolute Gasteiger partial charge is 0.481 e. The van der Waals surface area contributed by atoms with Crippen LogP contribution in [0.15, 0.2) is 85.8 Å². The highest BCUT2D eigenvalue weighted by Gasteiger charge is 2.48. The Morgan fingerprint density at radius 2 is 0.722 bits per heavy atom. The number of hydrogen-bond acceptors (Lipinski definition) is 34. The van der Waals surface area contributed by atoms with Gasteiger partial charge in [-0.2, -0.15) is 8.42 Å². The summed E-state index contributed by atoms with van der Waals surface area (Å²) in [6.45, 7) is 23.7. The normalized spacial score (nSPS) is 22.8. The fourth-order valence-corrected chi connectivity index (χ4v) is 24.6. The summed E-state index contributed by atoms with van der Waals surface area (Å²) in [4.78, 5) is 115. The summed E-state index contributed by atoms with van der Waals surface area (Å²) in [7, 11) is -7.65. The number of benzene rings is 4. The molecular weight excluding hydrogens is 1920 g/mol. The number of hydrogen-bond donors (Lipinski definition) is 3. The van der Waals surface area contributed by atoms with Crippen LogP contribution in [0.2, 0.25) is 20.1 Å². The summed E-state index contributed by atoms with van der Waals surface area (Å²) in [5.74, 6) is -1.04. The second-order valence-electron chi connectivity index (χ2n) is 38.1. The fourth-order valence-electron chi connectivity index (χ4n) is 14.6. The van der Waals surface area contributed by atoms with Crippen LogP contribution in [0.1, 0.15) is 209 Å². The van der Waals surface area contributed by atoms with Gasteiger partial charge in [0.05, 0.1) is 130 Å². The summed E-state index contributed by atoms with van der Waals surface area (Å²) >= 11 is 26.6. The van der Waals surface area contributed by atoms with Crippen LogP contribution in [-0.2, 0) is 132 Å². The smallest absolute Gasteiger partial charge is 0.309 e. The number of nitrogens with zero attached hydrogens (tertiary/aromatic N) is 4. The molecule has 0 unspecified atom stereocenters. The Labute approximate surface area is 796 Å². The number of aromatic nitrogens is 4. The molecule has 732 valence electrons. The van der Waals surface area contributed by atoms with Gasteiger partial charge in [0.25, 0.3) is 10.1 Å². The van der Waals surface area contributed by atoms with Gasteiger partial charge in [-0.15, -0.1) is 11.8 Å². The van der Waals surface area contributed by atoms with Gasteiger partial charge in [-0.3, -0.25) is 42.5 Å². The molecule has 0 amide bonds. The maximum atomic E-state index is 13.0. The minimum absolute atomic E-state index is 0.00554. The Kier molecular flexibility index (Phi) is 35.6. The highest BCUT2D eigenvalue weighted by atomic mass is 35.5. The molecule has 4 heterocycles. The Bertz CT molecular complexity index is 6110. The molecule has 8 saturated carbocycles. The lowest BCUT2D eigenvalue weighted by Crippen LogP contribution is -2.40. The van der Waals surface area contributed by atoms with E-state index in [4.69, 9.17) is 84.1 Å². The van der Waals surface area contributed by atoms with E-state index in [-0.39, 0.29) is 201 Å². The molecule has 34 nitrogen and oxygen atoms in total. The summed E-state index contributed by atoms with van der Waals surface area (Å²) in [6.07, 6.45) is 8.09. The molecule has 0 aliphatic heterocycles. The number of halogens is 4. The lowest BCUT2D eigenvalue weighted by Gasteiger charge is -2.33. The van der Waals surface area contributed by atoms with Crippen LogP contribution in [0.3, 0.4) is 0 Å². The molecule has 0 radical (unpaired) electrons. The number of thioether (sulfide) groups is 1. The maximum absolute atomic E-state index is 13.0. The Hall–Kier alpha value is -8.22. The first kappa shape index (κ1) is 108. The van der Waals surface area contributed by atoms with Crippen molar-refractivity contribution in [3.8, 4) is 0 Å². The molecule has 133 heavy (non-hydrogen) atoms. The van der Waals surface area contributed by atoms with Crippen molar-refractivity contribution < 1.29 is 138 Å². The van der Waals surface area contributed by atoms with Gasteiger partial charge in [0.2, 0.25) is 23.6 Å². The van der Waals surface area contributed by atoms with Crippen LogP contribution in [0.25, 0.3) is 44.4 Å². The van der Waals surface area contributed by atoms with Crippen molar-refractivity contribution >= 4 is 196 Å². The van der Waals surface area contributed by atoms with Gasteiger partial charge in [-0.05, 0) is 131 Å². The van der Waals surface area contributed by atoms with E-state index >= 15 is 0 Å². The molecule has 0 atom stereocenters. The third kappa shape index (κ3) is 26.6. The molecule has 4 aromatic carbocycles. The number of carboxylic acids is 1. The van der Waals surface area contributed by atoms with E-state index in [2.05, 4.69) is 63.8 Å². The number of methoxy groups -OCH3 is 5. The minimum Gasteiger partial charge on any atom is -0.481 e. The van der Waals surface area contributed by atoms with Crippen molar-refractivity contribution in [1.82, 2.24) is 19.9 Å². The van der Waals surface area contributed by atoms with Gasteiger partial charge in [0.15, 0.2) is 51.8 Å². The Morgan fingerprint density at radius 3 is 1.02 bits per heavy atom. The zero-order valence-electron chi connectivity index (χ0n) is 77.0. The number of rotatable bonds is 18. The number of oxazole rings is 4. The van der Waals surface area contributed by atoms with E-state index in [1.54, 1.807) is 36.0 Å². The third-order valence-corrected chi connectivity index (χ3v) is 33.7. The van der Waals surface area contributed by atoms with Crippen molar-refractivity contribution in [2.45, 2.75) is 260 Å². The number of fused-ring (bicyclic) bond motifs is 4. The number of carbonyl (C=O) groups is 9. The Balaban J connectivity index is 0.000000176. The summed E-state index contributed by atoms with van der Waals surface area (Å²) in [6, 6.07) is 13.3. The molecular formula is C90H114Cl4N4O30S5. The standard InChI is InChI=1S/C17H20ClNO5S.C17H20ClNO3S.C16H20ClNO4S.C16H18ClNO4S.C7H12O5S.C6H10O3.C6H8O3.C5H6O3/c1-17(2,3)16-19-12-6-5-11(18)14(13(12)24-16)25(21,22)10-7-9(8-10)15(20)23-4;1-17(2,3)16-19-12-6-5-11(18)14(13(12)22-16)23-10-7-9(8-10)15(20)21-4;2*1-16(2,3)15-18-12-5-4-11(17)14(13(12)22-15)23(20,21)10-6-9(7-10)8-19;1-11-7(8)5-3-6(4-5)12-13(2,9)10;2*1-9-6(8)4-2-5(7)3-4;6-4-1-3(2-4)5(7)8/h5-6,9-10H,7-8H2,1-4H3;5-6,9-10H,7-8H2,1-4H3;4-5,9-10,19H,6-8H2,1-3H3;4-5,8-10H,6-7H2,1-3H3;5-6H,3-4H2,1-2H3;4-5,7H,2-3H2,1H3;4H,2-3H2,1H3;3H,1-2H2,(H,7,8). The number of aliphatic carboxylic acids is 1. The second kappa shape index (κ2) is 43.6. The Morgan fingerprint density at radius 1 is 0.429 bits per heavy atom. The van der Waals surface area contributed by atoms with Crippen molar-refractivity contribution in [2.24, 2.45) is 47.3 Å². The average Bonchev–Trinajstić information content (AvgIpc) is 1.69. The van der Waals surface area contributed by atoms with Gasteiger partial charge >= 0.3 is 35.8 Å². The SMILES string of the molecule is CC(C)(C)c1nc2ccc(Cl)c(S(=O)(=O)C3CC(C=O)C3)c2o1.CC(C)(C)c1nc2ccc(Cl)c(S(=O)(=O)C3CC(CO)C3)c2o1.COC(=O)C1CC(=O)C1.COC(=O)C1CC(O)C1.COC(=O)C1CC(OS(C)(=O)=O)C1.COC(=O)C1CC(S(=O)(=O)c2c(Cl)ccc3nc(C(C)(C)C)oc23)C1.COC(=O)C1CC(Sc2c(Cl)ccc3nc(C(C)(C)C)oc23)C1.O=C1CC(C(=O)O)C1. The molecule has 0 saturated heterocycles. The van der Waals surface area contributed by atoms with Gasteiger partial charge < -0.3 is 61.5 Å². The number of Topliss-reactive ketones (excluding diaryl/α,β-unsaturated/α-hetero) is 2. The first-order chi connectivity index (χ1) is 61.7. The van der Waals surface area contributed by atoms with Gasteiger partial charge in [0.1, 0.15) is 54.6 Å². The molecule has 16 rings (SSSR count). The van der Waals surface area contributed by atoms with Crippen molar-refractivity contribution in [3.05, 3.63) is 92.2 Å². The van der Waals surface area contributed by atoms with Gasteiger partial charge in [-0.25, -0.2) is 45.2 Å². The second-order valence-corrected chi connectivity index (χ2v) is 49.1. The summed E-state index contributed by atoms with van der Waals surface area (Å²) in [5, 5.41) is 25.7. The van der Waals surface area contributed by atoms with Crippen molar-refractivity contribution in [1.29, 1.82) is 0 Å². The highest BCUT2D eigenvalue weighted by Crippen LogP contribution is 2.49. The quantitative estimate of drug-likeness (QED) is 0.0311. The maximum Gasteiger partial charge on any atom is 0.309 e. The number of aldehydes is 1. The summed E-state index contributed by atoms with van der Waals surface area (Å²) in [5.41, 5.74) is 2.43. The molecule has 43 heteroatoms.